The fourth-order valence-corrected chi connectivity index (χ4v) is 3.13. The van der Waals surface area contributed by atoms with Crippen LogP contribution >= 0.6 is 0 Å². The lowest BCUT2D eigenvalue weighted by Crippen LogP contribution is -2.44. The monoisotopic (exact) mass is 235 g/mol. The molecule has 0 saturated carbocycles. The zero-order valence-electron chi connectivity index (χ0n) is 10.4. The number of nitrogens with two attached hydrogens (primary N) is 1. The number of ether oxygens (including phenoxy) is 1. The summed E-state index contributed by atoms with van der Waals surface area (Å²) in [5.41, 5.74) is 9.10. The molecule has 1 saturated heterocycles. The van der Waals surface area contributed by atoms with Crippen molar-refractivity contribution < 1.29 is 4.74 Å². The summed E-state index contributed by atoms with van der Waals surface area (Å²) in [6, 6.07) is 3.06. The smallest absolute Gasteiger partial charge is 0.0594 e. The third kappa shape index (κ3) is 2.01. The third-order valence-electron chi connectivity index (χ3n) is 4.06. The Morgan fingerprint density at radius 1 is 1.35 bits per heavy atom. The van der Waals surface area contributed by atoms with Gasteiger partial charge < -0.3 is 15.0 Å². The van der Waals surface area contributed by atoms with E-state index in [0.29, 0.717) is 12.1 Å². The van der Waals surface area contributed by atoms with Gasteiger partial charge in [-0.2, -0.15) is 0 Å². The van der Waals surface area contributed by atoms with Crippen molar-refractivity contribution in [2.24, 2.45) is 12.8 Å². The molecule has 2 unspecified atom stereocenters. The largest absolute Gasteiger partial charge is 0.379 e. The zero-order valence-corrected chi connectivity index (χ0v) is 10.4. The number of hydrogen-bond acceptors (Lipinski definition) is 3. The molecule has 2 atom stereocenters. The maximum atomic E-state index is 6.20. The minimum Gasteiger partial charge on any atom is -0.379 e. The Morgan fingerprint density at radius 2 is 2.12 bits per heavy atom. The molecule has 17 heavy (non-hydrogen) atoms. The van der Waals surface area contributed by atoms with E-state index in [-0.39, 0.29) is 0 Å². The van der Waals surface area contributed by atoms with Crippen molar-refractivity contribution in [3.63, 3.8) is 0 Å². The van der Waals surface area contributed by atoms with E-state index in [4.69, 9.17) is 10.5 Å². The average Bonchev–Trinajstić information content (AvgIpc) is 2.72. The molecule has 3 rings (SSSR count). The normalized spacial score (nSPS) is 30.2. The van der Waals surface area contributed by atoms with Crippen molar-refractivity contribution >= 4 is 0 Å². The second-order valence-corrected chi connectivity index (χ2v) is 5.19. The Labute approximate surface area is 102 Å². The number of aromatic nitrogens is 1. The van der Waals surface area contributed by atoms with E-state index >= 15 is 0 Å². The quantitative estimate of drug-likeness (QED) is 0.778. The summed E-state index contributed by atoms with van der Waals surface area (Å²) in [5, 5.41) is 0. The molecule has 2 aliphatic rings. The predicted octanol–water partition coefficient (Wildman–Crippen LogP) is 0.672. The van der Waals surface area contributed by atoms with E-state index in [1.807, 2.05) is 0 Å². The van der Waals surface area contributed by atoms with Crippen molar-refractivity contribution in [3.8, 4) is 0 Å². The second-order valence-electron chi connectivity index (χ2n) is 5.19. The maximum Gasteiger partial charge on any atom is 0.0594 e. The number of aryl methyl sites for hydroxylation is 1. The van der Waals surface area contributed by atoms with Crippen LogP contribution in [0.4, 0.5) is 0 Å². The van der Waals surface area contributed by atoms with Gasteiger partial charge >= 0.3 is 0 Å². The molecule has 0 aromatic carbocycles. The van der Waals surface area contributed by atoms with Gasteiger partial charge in [-0.1, -0.05) is 0 Å². The number of morpholine rings is 1. The predicted molar refractivity (Wildman–Crippen MR) is 66.8 cm³/mol. The van der Waals surface area contributed by atoms with Gasteiger partial charge in [0.05, 0.1) is 13.2 Å². The summed E-state index contributed by atoms with van der Waals surface area (Å²) in [7, 11) is 2.12. The maximum absolute atomic E-state index is 6.20. The Kier molecular flexibility index (Phi) is 2.94. The van der Waals surface area contributed by atoms with Gasteiger partial charge in [-0.3, -0.25) is 4.90 Å². The highest BCUT2D eigenvalue weighted by atomic mass is 16.5. The highest BCUT2D eigenvalue weighted by Crippen LogP contribution is 2.34. The van der Waals surface area contributed by atoms with Crippen LogP contribution in [0.15, 0.2) is 12.3 Å². The Morgan fingerprint density at radius 3 is 2.88 bits per heavy atom. The number of nitrogens with zero attached hydrogens (tertiary/aromatic N) is 2. The summed E-state index contributed by atoms with van der Waals surface area (Å²) in [6.07, 6.45) is 4.26. The second kappa shape index (κ2) is 4.44. The van der Waals surface area contributed by atoms with Gasteiger partial charge in [-0.25, -0.2) is 0 Å². The Hall–Kier alpha value is -0.840. The van der Waals surface area contributed by atoms with Gasteiger partial charge in [0.15, 0.2) is 0 Å². The summed E-state index contributed by atoms with van der Waals surface area (Å²) < 4.78 is 7.66. The molecule has 1 fully saturated rings. The van der Waals surface area contributed by atoms with E-state index in [9.17, 15) is 0 Å². The van der Waals surface area contributed by atoms with Crippen LogP contribution in [0.5, 0.6) is 0 Å². The van der Waals surface area contributed by atoms with E-state index < -0.39 is 0 Å². The van der Waals surface area contributed by atoms with Crippen LogP contribution in [0, 0.1) is 0 Å². The fraction of sp³-hybridized carbons (Fsp3) is 0.692. The molecular formula is C13H21N3O. The van der Waals surface area contributed by atoms with Crippen molar-refractivity contribution in [1.82, 2.24) is 9.47 Å². The molecule has 4 nitrogen and oxygen atoms in total. The van der Waals surface area contributed by atoms with E-state index in [0.717, 1.165) is 39.1 Å². The average molecular weight is 235 g/mol. The first-order valence-corrected chi connectivity index (χ1v) is 6.47. The molecule has 2 heterocycles. The standard InChI is InChI=1S/C13H21N3O/c1-15-3-2-11-12(15)8-10(14)9-13(11)16-4-6-17-7-5-16/h2-3,10,13H,4-9,14H2,1H3. The van der Waals surface area contributed by atoms with Crippen molar-refractivity contribution in [3.05, 3.63) is 23.5 Å². The lowest BCUT2D eigenvalue weighted by molar-refractivity contribution is 0.0111. The summed E-state index contributed by atoms with van der Waals surface area (Å²) in [6.45, 7) is 3.78. The fourth-order valence-electron chi connectivity index (χ4n) is 3.13. The lowest BCUT2D eigenvalue weighted by Gasteiger charge is -2.38. The van der Waals surface area contributed by atoms with Gasteiger partial charge in [-0.15, -0.1) is 0 Å². The molecule has 1 aliphatic heterocycles. The number of hydrogen-bond donors (Lipinski definition) is 1. The van der Waals surface area contributed by atoms with E-state index in [1.165, 1.54) is 11.3 Å². The minimum absolute atomic E-state index is 0.295. The van der Waals surface area contributed by atoms with Gasteiger partial charge in [0, 0.05) is 50.5 Å². The highest BCUT2D eigenvalue weighted by Gasteiger charge is 2.31. The zero-order chi connectivity index (χ0) is 11.8. The SMILES string of the molecule is Cn1ccc2c1CC(N)CC2N1CCOCC1. The first-order chi connectivity index (χ1) is 8.25. The van der Waals surface area contributed by atoms with Crippen molar-refractivity contribution in [2.75, 3.05) is 26.3 Å². The van der Waals surface area contributed by atoms with Crippen LogP contribution in [-0.4, -0.2) is 41.8 Å². The van der Waals surface area contributed by atoms with E-state index in [1.54, 1.807) is 0 Å². The van der Waals surface area contributed by atoms with Crippen LogP contribution in [0.2, 0.25) is 0 Å². The van der Waals surface area contributed by atoms with E-state index in [2.05, 4.69) is 28.8 Å². The molecule has 4 heteroatoms. The summed E-state index contributed by atoms with van der Waals surface area (Å²) >= 11 is 0. The molecule has 0 spiro atoms. The van der Waals surface area contributed by atoms with Crippen molar-refractivity contribution in [1.29, 1.82) is 0 Å². The molecule has 1 aliphatic carbocycles. The third-order valence-corrected chi connectivity index (χ3v) is 4.06. The molecule has 0 amide bonds. The highest BCUT2D eigenvalue weighted by molar-refractivity contribution is 5.30. The Balaban J connectivity index is 1.89. The van der Waals surface area contributed by atoms with Crippen LogP contribution in [-0.2, 0) is 18.2 Å². The van der Waals surface area contributed by atoms with Crippen LogP contribution in [0.25, 0.3) is 0 Å². The topological polar surface area (TPSA) is 43.4 Å². The van der Waals surface area contributed by atoms with Gasteiger partial charge in [0.2, 0.25) is 0 Å². The summed E-state index contributed by atoms with van der Waals surface area (Å²) in [4.78, 5) is 2.53. The first kappa shape index (κ1) is 11.3. The molecule has 1 aromatic heterocycles. The van der Waals surface area contributed by atoms with Gasteiger partial charge in [-0.05, 0) is 18.1 Å². The molecule has 0 radical (unpaired) electrons. The Bertz CT molecular complexity index is 395. The number of fused-ring (bicyclic) bond motifs is 1. The molecule has 94 valence electrons. The summed E-state index contributed by atoms with van der Waals surface area (Å²) in [5.74, 6) is 0. The van der Waals surface area contributed by atoms with Crippen molar-refractivity contribution in [2.45, 2.75) is 24.9 Å². The molecule has 2 N–H and O–H groups in total. The molecule has 0 bridgehead atoms. The number of rotatable bonds is 1. The molecule has 1 aromatic rings. The lowest BCUT2D eigenvalue weighted by atomic mass is 9.88. The molecular weight excluding hydrogens is 214 g/mol. The van der Waals surface area contributed by atoms with Gasteiger partial charge in [0.1, 0.15) is 0 Å². The first-order valence-electron chi connectivity index (χ1n) is 6.47. The van der Waals surface area contributed by atoms with Crippen LogP contribution < -0.4 is 5.73 Å². The van der Waals surface area contributed by atoms with Crippen LogP contribution in [0.1, 0.15) is 23.7 Å². The minimum atomic E-state index is 0.295. The van der Waals surface area contributed by atoms with Gasteiger partial charge in [0.25, 0.3) is 0 Å². The van der Waals surface area contributed by atoms with Crippen LogP contribution in [0.3, 0.4) is 0 Å².